The number of rotatable bonds is 6. The van der Waals surface area contributed by atoms with Crippen LogP contribution in [0.2, 0.25) is 0 Å². The molecule has 1 unspecified atom stereocenters. The van der Waals surface area contributed by atoms with Crippen molar-refractivity contribution in [3.8, 4) is 6.07 Å². The maximum Gasteiger partial charge on any atom is 0.127 e. The molecule has 5 heteroatoms. The minimum Gasteiger partial charge on any atom is -0.379 e. The van der Waals surface area contributed by atoms with Gasteiger partial charge in [0.25, 0.3) is 0 Å². The van der Waals surface area contributed by atoms with Crippen LogP contribution in [-0.2, 0) is 11.3 Å². The first kappa shape index (κ1) is 15.8. The molecule has 0 fully saturated rings. The van der Waals surface area contributed by atoms with Crippen LogP contribution in [0.4, 0.5) is 0 Å². The Labute approximate surface area is 130 Å². The SMILES string of the molecule is CC(C)COCCn1c(C(C)Cl)nc2c(C#N)cccc21. The summed E-state index contributed by atoms with van der Waals surface area (Å²) < 4.78 is 7.70. The van der Waals surface area contributed by atoms with Gasteiger partial charge in [-0.25, -0.2) is 4.98 Å². The van der Waals surface area contributed by atoms with Crippen LogP contribution in [0.1, 0.15) is 37.5 Å². The first-order valence-electron chi connectivity index (χ1n) is 7.15. The Kier molecular flexibility index (Phi) is 5.22. The van der Waals surface area contributed by atoms with Crippen LogP contribution in [0.25, 0.3) is 11.0 Å². The van der Waals surface area contributed by atoms with Crippen molar-refractivity contribution in [1.82, 2.24) is 9.55 Å². The molecule has 2 rings (SSSR count). The molecule has 0 saturated heterocycles. The second-order valence-electron chi connectivity index (χ2n) is 5.49. The standard InChI is InChI=1S/C16H20ClN3O/c1-11(2)10-21-8-7-20-14-6-4-5-13(9-18)15(14)19-16(20)12(3)17/h4-6,11-12H,7-8,10H2,1-3H3. The van der Waals surface area contributed by atoms with E-state index in [0.29, 0.717) is 30.1 Å². The summed E-state index contributed by atoms with van der Waals surface area (Å²) >= 11 is 6.23. The molecular formula is C16H20ClN3O. The molecule has 1 atom stereocenters. The van der Waals surface area contributed by atoms with Crippen LogP contribution >= 0.6 is 11.6 Å². The van der Waals surface area contributed by atoms with Gasteiger partial charge >= 0.3 is 0 Å². The normalized spacial score (nSPS) is 12.8. The maximum absolute atomic E-state index is 9.19. The second kappa shape index (κ2) is 6.93. The molecule has 1 aromatic carbocycles. The van der Waals surface area contributed by atoms with Crippen molar-refractivity contribution < 1.29 is 4.74 Å². The lowest BCUT2D eigenvalue weighted by atomic mass is 10.2. The summed E-state index contributed by atoms with van der Waals surface area (Å²) in [5, 5.41) is 8.98. The van der Waals surface area contributed by atoms with Crippen molar-refractivity contribution in [2.75, 3.05) is 13.2 Å². The number of nitriles is 1. The van der Waals surface area contributed by atoms with E-state index >= 15 is 0 Å². The van der Waals surface area contributed by atoms with Gasteiger partial charge in [0, 0.05) is 13.2 Å². The summed E-state index contributed by atoms with van der Waals surface area (Å²) in [7, 11) is 0. The van der Waals surface area contributed by atoms with Gasteiger partial charge in [-0.2, -0.15) is 5.26 Å². The molecule has 4 nitrogen and oxygen atoms in total. The minimum absolute atomic E-state index is 0.214. The molecular weight excluding hydrogens is 286 g/mol. The average Bonchev–Trinajstić information content (AvgIpc) is 2.82. The summed E-state index contributed by atoms with van der Waals surface area (Å²) in [6.07, 6.45) is 0. The Balaban J connectivity index is 2.32. The Morgan fingerprint density at radius 1 is 1.38 bits per heavy atom. The molecule has 0 amide bonds. The van der Waals surface area contributed by atoms with Gasteiger partial charge in [0.05, 0.1) is 23.1 Å². The predicted molar refractivity (Wildman–Crippen MR) is 84.4 cm³/mol. The Hall–Kier alpha value is -1.57. The van der Waals surface area contributed by atoms with E-state index in [4.69, 9.17) is 16.3 Å². The fraction of sp³-hybridized carbons (Fsp3) is 0.500. The highest BCUT2D eigenvalue weighted by molar-refractivity contribution is 6.20. The maximum atomic E-state index is 9.19. The zero-order valence-corrected chi connectivity index (χ0v) is 13.4. The summed E-state index contributed by atoms with van der Waals surface area (Å²) in [5.74, 6) is 1.30. The lowest BCUT2D eigenvalue weighted by Gasteiger charge is -2.12. The molecule has 0 bridgehead atoms. The van der Waals surface area contributed by atoms with E-state index in [-0.39, 0.29) is 5.38 Å². The van der Waals surface area contributed by atoms with Crippen LogP contribution < -0.4 is 0 Å². The lowest BCUT2D eigenvalue weighted by molar-refractivity contribution is 0.103. The minimum atomic E-state index is -0.214. The van der Waals surface area contributed by atoms with Gasteiger partial charge in [0.2, 0.25) is 0 Å². The van der Waals surface area contributed by atoms with Gasteiger partial charge in [0.15, 0.2) is 0 Å². The van der Waals surface area contributed by atoms with E-state index in [1.807, 2.05) is 23.6 Å². The number of benzene rings is 1. The smallest absolute Gasteiger partial charge is 0.127 e. The monoisotopic (exact) mass is 305 g/mol. The van der Waals surface area contributed by atoms with Gasteiger partial charge in [-0.05, 0) is 25.0 Å². The van der Waals surface area contributed by atoms with Crippen molar-refractivity contribution in [2.45, 2.75) is 32.7 Å². The number of fused-ring (bicyclic) bond motifs is 1. The topological polar surface area (TPSA) is 50.8 Å². The molecule has 112 valence electrons. The summed E-state index contributed by atoms with van der Waals surface area (Å²) in [6.45, 7) is 8.17. The van der Waals surface area contributed by atoms with Crippen molar-refractivity contribution in [3.05, 3.63) is 29.6 Å². The van der Waals surface area contributed by atoms with Crippen molar-refractivity contribution in [3.63, 3.8) is 0 Å². The Bertz CT molecular complexity index is 655. The number of aromatic nitrogens is 2. The lowest BCUT2D eigenvalue weighted by Crippen LogP contribution is -2.12. The Morgan fingerprint density at radius 3 is 2.76 bits per heavy atom. The first-order chi connectivity index (χ1) is 10.0. The number of hydrogen-bond acceptors (Lipinski definition) is 3. The molecule has 1 heterocycles. The number of imidazole rings is 1. The quantitative estimate of drug-likeness (QED) is 0.601. The zero-order valence-electron chi connectivity index (χ0n) is 12.6. The highest BCUT2D eigenvalue weighted by atomic mass is 35.5. The van der Waals surface area contributed by atoms with Crippen molar-refractivity contribution in [2.24, 2.45) is 5.92 Å². The van der Waals surface area contributed by atoms with Gasteiger partial charge in [0.1, 0.15) is 17.4 Å². The number of para-hydroxylation sites is 1. The number of ether oxygens (including phenoxy) is 1. The summed E-state index contributed by atoms with van der Waals surface area (Å²) in [5.41, 5.74) is 2.23. The largest absolute Gasteiger partial charge is 0.379 e. The van der Waals surface area contributed by atoms with Crippen molar-refractivity contribution >= 4 is 22.6 Å². The van der Waals surface area contributed by atoms with E-state index in [1.165, 1.54) is 0 Å². The molecule has 0 aliphatic rings. The zero-order chi connectivity index (χ0) is 15.4. The number of hydrogen-bond donors (Lipinski definition) is 0. The van der Waals surface area contributed by atoms with Crippen LogP contribution in [0.5, 0.6) is 0 Å². The van der Waals surface area contributed by atoms with E-state index < -0.39 is 0 Å². The van der Waals surface area contributed by atoms with Crippen LogP contribution in [0.3, 0.4) is 0 Å². The van der Waals surface area contributed by atoms with Crippen LogP contribution in [-0.4, -0.2) is 22.8 Å². The van der Waals surface area contributed by atoms with Crippen LogP contribution in [0, 0.1) is 17.2 Å². The fourth-order valence-corrected chi connectivity index (χ4v) is 2.44. The van der Waals surface area contributed by atoms with Gasteiger partial charge in [-0.15, -0.1) is 11.6 Å². The highest BCUT2D eigenvalue weighted by Gasteiger charge is 2.16. The first-order valence-corrected chi connectivity index (χ1v) is 7.59. The third-order valence-corrected chi connectivity index (χ3v) is 3.39. The van der Waals surface area contributed by atoms with E-state index in [0.717, 1.165) is 17.9 Å². The van der Waals surface area contributed by atoms with Crippen molar-refractivity contribution in [1.29, 1.82) is 5.26 Å². The molecule has 0 N–H and O–H groups in total. The fourth-order valence-electron chi connectivity index (χ4n) is 2.27. The molecule has 1 aromatic heterocycles. The summed E-state index contributed by atoms with van der Waals surface area (Å²) in [6, 6.07) is 7.80. The highest BCUT2D eigenvalue weighted by Crippen LogP contribution is 2.26. The molecule has 21 heavy (non-hydrogen) atoms. The molecule has 2 aromatic rings. The second-order valence-corrected chi connectivity index (χ2v) is 6.15. The predicted octanol–water partition coefficient (Wildman–Crippen LogP) is 3.88. The van der Waals surface area contributed by atoms with Gasteiger partial charge in [-0.3, -0.25) is 0 Å². The molecule has 0 radical (unpaired) electrons. The number of halogens is 1. The van der Waals surface area contributed by atoms with E-state index in [2.05, 4.69) is 24.9 Å². The van der Waals surface area contributed by atoms with Gasteiger partial charge < -0.3 is 9.30 Å². The third kappa shape index (κ3) is 3.55. The molecule has 0 aliphatic heterocycles. The molecule has 0 aliphatic carbocycles. The third-order valence-electron chi connectivity index (χ3n) is 3.20. The van der Waals surface area contributed by atoms with Crippen LogP contribution in [0.15, 0.2) is 18.2 Å². The van der Waals surface area contributed by atoms with Gasteiger partial charge in [-0.1, -0.05) is 19.9 Å². The number of alkyl halides is 1. The molecule has 0 spiro atoms. The van der Waals surface area contributed by atoms with E-state index in [9.17, 15) is 5.26 Å². The summed E-state index contributed by atoms with van der Waals surface area (Å²) in [4.78, 5) is 4.55. The molecule has 0 saturated carbocycles. The van der Waals surface area contributed by atoms with E-state index in [1.54, 1.807) is 6.07 Å². The number of nitrogens with zero attached hydrogens (tertiary/aromatic N) is 3. The average molecular weight is 306 g/mol. The Morgan fingerprint density at radius 2 is 2.14 bits per heavy atom.